The van der Waals surface area contributed by atoms with Crippen LogP contribution in [0.5, 0.6) is 11.5 Å². The molecule has 0 N–H and O–H groups in total. The van der Waals surface area contributed by atoms with Gasteiger partial charge in [-0.3, -0.25) is 9.69 Å². The molecule has 6 nitrogen and oxygen atoms in total. The van der Waals surface area contributed by atoms with Gasteiger partial charge in [0.15, 0.2) is 14.4 Å². The zero-order valence-corrected chi connectivity index (χ0v) is 20.0. The van der Waals surface area contributed by atoms with Crippen molar-refractivity contribution in [3.63, 3.8) is 0 Å². The summed E-state index contributed by atoms with van der Waals surface area (Å²) < 4.78 is 17.7. The number of hydrogen-bond acceptors (Lipinski definition) is 5. The molecule has 1 saturated heterocycles. The monoisotopic (exact) mass is 438 g/mol. The van der Waals surface area contributed by atoms with Crippen LogP contribution in [-0.2, 0) is 9.22 Å². The quantitative estimate of drug-likeness (QED) is 0.460. The van der Waals surface area contributed by atoms with Crippen molar-refractivity contribution in [1.29, 1.82) is 5.26 Å². The molecule has 3 atom stereocenters. The Kier molecular flexibility index (Phi) is 6.44. The molecule has 1 amide bonds. The second-order valence-electron chi connectivity index (χ2n) is 9.18. The van der Waals surface area contributed by atoms with E-state index in [0.717, 1.165) is 0 Å². The van der Waals surface area contributed by atoms with E-state index in [-0.39, 0.29) is 10.9 Å². The molecular weight excluding hydrogens is 408 g/mol. The van der Waals surface area contributed by atoms with Crippen molar-refractivity contribution in [2.24, 2.45) is 0 Å². The Labute approximate surface area is 185 Å². The van der Waals surface area contributed by atoms with E-state index in [9.17, 15) is 10.1 Å². The number of benzene rings is 2. The first kappa shape index (κ1) is 22.9. The summed E-state index contributed by atoms with van der Waals surface area (Å²) >= 11 is 0. The third kappa shape index (κ3) is 4.60. The average molecular weight is 439 g/mol. The van der Waals surface area contributed by atoms with Crippen molar-refractivity contribution < 1.29 is 18.7 Å². The van der Waals surface area contributed by atoms with Crippen LogP contribution >= 0.6 is 0 Å². The van der Waals surface area contributed by atoms with Crippen LogP contribution in [0.4, 0.5) is 5.69 Å². The third-order valence-corrected chi connectivity index (χ3v) is 10.6. The molecule has 2 aromatic carbocycles. The van der Waals surface area contributed by atoms with E-state index in [1.165, 1.54) is 0 Å². The molecule has 0 unspecified atom stereocenters. The van der Waals surface area contributed by atoms with E-state index in [2.05, 4.69) is 39.9 Å². The van der Waals surface area contributed by atoms with E-state index in [1.807, 2.05) is 30.3 Å². The van der Waals surface area contributed by atoms with Crippen molar-refractivity contribution in [3.05, 3.63) is 54.6 Å². The first-order chi connectivity index (χ1) is 14.6. The van der Waals surface area contributed by atoms with Gasteiger partial charge in [-0.05, 0) is 54.5 Å². The van der Waals surface area contributed by atoms with E-state index in [1.54, 1.807) is 36.3 Å². The van der Waals surface area contributed by atoms with Crippen molar-refractivity contribution >= 4 is 19.9 Å². The summed E-state index contributed by atoms with van der Waals surface area (Å²) in [5.41, 5.74) is 0.683. The maximum absolute atomic E-state index is 13.1. The normalized spacial score (nSPS) is 19.9. The van der Waals surface area contributed by atoms with E-state index < -0.39 is 26.6 Å². The lowest BCUT2D eigenvalue weighted by atomic mass is 9.92. The molecule has 0 radical (unpaired) electrons. The van der Waals surface area contributed by atoms with Gasteiger partial charge in [-0.1, -0.05) is 39.0 Å². The SMILES string of the molecule is COc1ccc(N2C(=O)[C@H](Oc3ccccc3)[C@@H]2[C@H](C#N)O[Si](C)(C)C(C)(C)C)cc1. The van der Waals surface area contributed by atoms with Crippen LogP contribution in [0.2, 0.25) is 18.1 Å². The number of carbonyl (C=O) groups excluding carboxylic acids is 1. The fourth-order valence-corrected chi connectivity index (χ4v) is 4.43. The molecule has 1 heterocycles. The van der Waals surface area contributed by atoms with Gasteiger partial charge < -0.3 is 13.9 Å². The number of nitriles is 1. The number of ether oxygens (including phenoxy) is 2. The number of carbonyl (C=O) groups is 1. The Morgan fingerprint density at radius 1 is 1.03 bits per heavy atom. The highest BCUT2D eigenvalue weighted by Crippen LogP contribution is 2.40. The Hall–Kier alpha value is -2.82. The molecule has 0 aromatic heterocycles. The predicted octanol–water partition coefficient (Wildman–Crippen LogP) is 4.77. The number of para-hydroxylation sites is 1. The van der Waals surface area contributed by atoms with Crippen LogP contribution in [0, 0.1) is 11.3 Å². The van der Waals surface area contributed by atoms with Gasteiger partial charge in [-0.25, -0.2) is 0 Å². The summed E-state index contributed by atoms with van der Waals surface area (Å²) in [7, 11) is -0.667. The van der Waals surface area contributed by atoms with Crippen LogP contribution in [0.3, 0.4) is 0 Å². The molecule has 3 rings (SSSR count). The second-order valence-corrected chi connectivity index (χ2v) is 13.9. The first-order valence-corrected chi connectivity index (χ1v) is 13.3. The summed E-state index contributed by atoms with van der Waals surface area (Å²) in [4.78, 5) is 14.7. The van der Waals surface area contributed by atoms with Gasteiger partial charge in [0.1, 0.15) is 17.5 Å². The van der Waals surface area contributed by atoms with E-state index in [4.69, 9.17) is 13.9 Å². The number of methoxy groups -OCH3 is 1. The molecule has 1 aliphatic heterocycles. The minimum absolute atomic E-state index is 0.0728. The second kappa shape index (κ2) is 8.73. The molecule has 0 saturated carbocycles. The number of nitrogens with zero attached hydrogens (tertiary/aromatic N) is 2. The van der Waals surface area contributed by atoms with Crippen LogP contribution in [-0.4, -0.2) is 39.6 Å². The number of amides is 1. The molecule has 0 aliphatic carbocycles. The number of hydrogen-bond donors (Lipinski definition) is 0. The van der Waals surface area contributed by atoms with Crippen LogP contribution in [0.15, 0.2) is 54.6 Å². The Morgan fingerprint density at radius 3 is 2.16 bits per heavy atom. The summed E-state index contributed by atoms with van der Waals surface area (Å²) in [6.07, 6.45) is -1.60. The van der Waals surface area contributed by atoms with Crippen molar-refractivity contribution in [3.8, 4) is 17.6 Å². The fourth-order valence-electron chi connectivity index (χ4n) is 3.25. The topological polar surface area (TPSA) is 71.8 Å². The maximum Gasteiger partial charge on any atom is 0.270 e. The lowest BCUT2D eigenvalue weighted by molar-refractivity contribution is -0.137. The molecule has 0 bridgehead atoms. The van der Waals surface area contributed by atoms with Crippen molar-refractivity contribution in [2.45, 2.75) is 57.2 Å². The summed E-state index contributed by atoms with van der Waals surface area (Å²) in [5.74, 6) is 1.09. The minimum Gasteiger partial charge on any atom is -0.497 e. The highest BCUT2D eigenvalue weighted by atomic mass is 28.4. The summed E-state index contributed by atoms with van der Waals surface area (Å²) in [6.45, 7) is 10.6. The molecular formula is C24H30N2O4Si. The molecule has 2 aromatic rings. The van der Waals surface area contributed by atoms with Gasteiger partial charge >= 0.3 is 0 Å². The van der Waals surface area contributed by atoms with Crippen LogP contribution in [0.25, 0.3) is 0 Å². The molecule has 164 valence electrons. The number of β-lactam (4-membered cyclic amide) rings is 1. The zero-order valence-electron chi connectivity index (χ0n) is 19.0. The summed E-state index contributed by atoms with van der Waals surface area (Å²) in [6, 6.07) is 18.1. The molecule has 31 heavy (non-hydrogen) atoms. The first-order valence-electron chi connectivity index (χ1n) is 10.4. The zero-order chi connectivity index (χ0) is 22.8. The standard InChI is InChI=1S/C24H30N2O4Si/c1-24(2,3)31(5,6)30-20(16-25)21-22(29-19-10-8-7-9-11-19)23(27)26(21)17-12-14-18(28-4)15-13-17/h7-15,20-22H,1-6H3/t20-,21-,22+/m0/s1. The smallest absolute Gasteiger partial charge is 0.270 e. The minimum atomic E-state index is -2.26. The third-order valence-electron chi connectivity index (χ3n) is 6.11. The predicted molar refractivity (Wildman–Crippen MR) is 123 cm³/mol. The lowest BCUT2D eigenvalue weighted by Gasteiger charge is -2.50. The number of rotatable bonds is 7. The largest absolute Gasteiger partial charge is 0.497 e. The molecule has 7 heteroatoms. The van der Waals surface area contributed by atoms with Gasteiger partial charge in [-0.15, -0.1) is 0 Å². The Balaban J connectivity index is 1.94. The maximum atomic E-state index is 13.1. The van der Waals surface area contributed by atoms with Gasteiger partial charge in [0.25, 0.3) is 5.91 Å². The van der Waals surface area contributed by atoms with E-state index in [0.29, 0.717) is 17.2 Å². The highest BCUT2D eigenvalue weighted by molar-refractivity contribution is 6.74. The van der Waals surface area contributed by atoms with Crippen molar-refractivity contribution in [1.82, 2.24) is 0 Å². The number of anilines is 1. The van der Waals surface area contributed by atoms with Crippen LogP contribution < -0.4 is 14.4 Å². The summed E-state index contributed by atoms with van der Waals surface area (Å²) in [5, 5.41) is 9.97. The van der Waals surface area contributed by atoms with Gasteiger partial charge in [0, 0.05) is 5.69 Å². The van der Waals surface area contributed by atoms with E-state index >= 15 is 0 Å². The van der Waals surface area contributed by atoms with Crippen LogP contribution in [0.1, 0.15) is 20.8 Å². The fraction of sp³-hybridized carbons (Fsp3) is 0.417. The van der Waals surface area contributed by atoms with Gasteiger partial charge in [0.2, 0.25) is 6.10 Å². The van der Waals surface area contributed by atoms with Gasteiger partial charge in [-0.2, -0.15) is 5.26 Å². The highest BCUT2D eigenvalue weighted by Gasteiger charge is 2.56. The molecule has 0 spiro atoms. The van der Waals surface area contributed by atoms with Gasteiger partial charge in [0.05, 0.1) is 13.2 Å². The average Bonchev–Trinajstić information content (AvgIpc) is 2.74. The van der Waals surface area contributed by atoms with Crippen molar-refractivity contribution in [2.75, 3.05) is 12.0 Å². The molecule has 1 fully saturated rings. The lowest BCUT2D eigenvalue weighted by Crippen LogP contribution is -2.72. The Bertz CT molecular complexity index is 948. The molecule has 1 aliphatic rings. The Morgan fingerprint density at radius 2 is 1.65 bits per heavy atom.